The van der Waals surface area contributed by atoms with Crippen molar-refractivity contribution in [1.29, 1.82) is 0 Å². The van der Waals surface area contributed by atoms with Crippen molar-refractivity contribution in [2.75, 3.05) is 4.90 Å². The molecule has 1 aromatic carbocycles. The van der Waals surface area contributed by atoms with Gasteiger partial charge in [-0.1, -0.05) is 47.4 Å². The first-order chi connectivity index (χ1) is 16.0. The Morgan fingerprint density at radius 1 is 1.18 bits per heavy atom. The lowest BCUT2D eigenvalue weighted by Crippen LogP contribution is -2.30. The van der Waals surface area contributed by atoms with Crippen LogP contribution in [0.15, 0.2) is 80.3 Å². The van der Waals surface area contributed by atoms with Crippen LogP contribution in [0.1, 0.15) is 27.0 Å². The van der Waals surface area contributed by atoms with Crippen molar-refractivity contribution in [3.8, 4) is 0 Å². The zero-order chi connectivity index (χ0) is 22.9. The summed E-state index contributed by atoms with van der Waals surface area (Å²) in [5, 5.41) is 20.8. The number of aliphatic hydroxyl groups excluding tert-OH is 1. The van der Waals surface area contributed by atoms with E-state index in [0.29, 0.717) is 26.3 Å². The van der Waals surface area contributed by atoms with Gasteiger partial charge in [0.2, 0.25) is 10.9 Å². The molecule has 33 heavy (non-hydrogen) atoms. The van der Waals surface area contributed by atoms with E-state index in [4.69, 9.17) is 4.42 Å². The van der Waals surface area contributed by atoms with Gasteiger partial charge < -0.3 is 9.52 Å². The number of aromatic nitrogens is 2. The molecule has 5 rings (SSSR count). The molecule has 0 bridgehead atoms. The number of benzene rings is 1. The molecule has 1 amide bonds. The third-order valence-corrected chi connectivity index (χ3v) is 7.89. The van der Waals surface area contributed by atoms with Gasteiger partial charge in [0.05, 0.1) is 16.7 Å². The number of thioether (sulfide) groups is 1. The number of carbonyl (C=O) groups excluding carboxylic acids is 2. The van der Waals surface area contributed by atoms with E-state index >= 15 is 0 Å². The topological polar surface area (TPSA) is 96.5 Å². The third kappa shape index (κ3) is 3.99. The number of hydrogen-bond acceptors (Lipinski definition) is 9. The van der Waals surface area contributed by atoms with Gasteiger partial charge in [-0.05, 0) is 35.2 Å². The number of Topliss-reactive ketones (excluding diaryl/α,β-unsaturated/α-hetero) is 1. The number of nitrogens with zero attached hydrogens (tertiary/aromatic N) is 3. The number of halogens is 1. The molecule has 1 unspecified atom stereocenters. The molecule has 1 atom stereocenters. The Balaban J connectivity index is 1.46. The van der Waals surface area contributed by atoms with Gasteiger partial charge in [-0.15, -0.1) is 21.5 Å². The van der Waals surface area contributed by atoms with Crippen molar-refractivity contribution in [2.24, 2.45) is 0 Å². The molecule has 11 heteroatoms. The first kappa shape index (κ1) is 21.6. The van der Waals surface area contributed by atoms with Gasteiger partial charge in [-0.2, -0.15) is 0 Å². The van der Waals surface area contributed by atoms with Crippen LogP contribution >= 0.6 is 34.4 Å². The standard InChI is InChI=1S/C22H14FN3O4S3/c23-13-6-2-1-5-12(13)11-32-22-25-24-21(33-22)26-17(14-7-3-9-30-14)16(19(28)20(26)29)18(27)15-8-4-10-31-15/h1-10,17,28H,11H2. The molecule has 0 aliphatic carbocycles. The summed E-state index contributed by atoms with van der Waals surface area (Å²) < 4.78 is 19.9. The number of hydrogen-bond donors (Lipinski definition) is 1. The Morgan fingerprint density at radius 2 is 2.03 bits per heavy atom. The van der Waals surface area contributed by atoms with Crippen molar-refractivity contribution < 1.29 is 23.5 Å². The third-order valence-electron chi connectivity index (χ3n) is 4.92. The van der Waals surface area contributed by atoms with Crippen LogP contribution in [0.3, 0.4) is 0 Å². The van der Waals surface area contributed by atoms with Crippen LogP contribution < -0.4 is 4.90 Å². The second-order valence-electron chi connectivity index (χ2n) is 6.89. The highest BCUT2D eigenvalue weighted by Gasteiger charge is 2.47. The molecule has 0 saturated carbocycles. The van der Waals surface area contributed by atoms with E-state index in [9.17, 15) is 19.1 Å². The summed E-state index contributed by atoms with van der Waals surface area (Å²) in [6, 6.07) is 12.1. The Bertz CT molecular complexity index is 1350. The van der Waals surface area contributed by atoms with Crippen LogP contribution in [-0.2, 0) is 10.5 Å². The number of rotatable bonds is 7. The second-order valence-corrected chi connectivity index (χ2v) is 10.0. The lowest BCUT2D eigenvalue weighted by atomic mass is 10.0. The van der Waals surface area contributed by atoms with Crippen LogP contribution in [0.25, 0.3) is 0 Å². The zero-order valence-electron chi connectivity index (χ0n) is 16.7. The molecule has 0 fully saturated rings. The van der Waals surface area contributed by atoms with Crippen molar-refractivity contribution in [2.45, 2.75) is 16.1 Å². The quantitative estimate of drug-likeness (QED) is 0.206. The maximum atomic E-state index is 13.9. The summed E-state index contributed by atoms with van der Waals surface area (Å²) >= 11 is 3.60. The van der Waals surface area contributed by atoms with Crippen molar-refractivity contribution >= 4 is 51.3 Å². The average molecular weight is 500 g/mol. The predicted molar refractivity (Wildman–Crippen MR) is 123 cm³/mol. The monoisotopic (exact) mass is 499 g/mol. The minimum Gasteiger partial charge on any atom is -0.503 e. The van der Waals surface area contributed by atoms with E-state index < -0.39 is 23.5 Å². The van der Waals surface area contributed by atoms with Gasteiger partial charge in [0.1, 0.15) is 17.6 Å². The van der Waals surface area contributed by atoms with Gasteiger partial charge >= 0.3 is 0 Å². The minimum atomic E-state index is -0.987. The first-order valence-electron chi connectivity index (χ1n) is 9.62. The molecule has 0 radical (unpaired) electrons. The largest absolute Gasteiger partial charge is 0.503 e. The lowest BCUT2D eigenvalue weighted by molar-refractivity contribution is -0.117. The van der Waals surface area contributed by atoms with Crippen LogP contribution in [0.5, 0.6) is 0 Å². The van der Waals surface area contributed by atoms with E-state index in [1.807, 2.05) is 0 Å². The van der Waals surface area contributed by atoms with Crippen LogP contribution in [0.4, 0.5) is 9.52 Å². The first-order valence-corrected chi connectivity index (χ1v) is 12.3. The Morgan fingerprint density at radius 3 is 2.76 bits per heavy atom. The highest BCUT2D eigenvalue weighted by molar-refractivity contribution is 8.00. The summed E-state index contributed by atoms with van der Waals surface area (Å²) in [4.78, 5) is 27.8. The number of carbonyl (C=O) groups is 2. The minimum absolute atomic E-state index is 0.0758. The van der Waals surface area contributed by atoms with E-state index in [1.54, 1.807) is 47.8 Å². The second kappa shape index (κ2) is 8.93. The molecule has 3 aromatic heterocycles. The number of anilines is 1. The van der Waals surface area contributed by atoms with Gasteiger partial charge in [0, 0.05) is 5.75 Å². The summed E-state index contributed by atoms with van der Waals surface area (Å²) in [6.07, 6.45) is 1.43. The molecule has 1 N–H and O–H groups in total. The van der Waals surface area contributed by atoms with Crippen LogP contribution in [0, 0.1) is 5.82 Å². The van der Waals surface area contributed by atoms with E-state index in [1.165, 1.54) is 40.3 Å². The fourth-order valence-electron chi connectivity index (χ4n) is 3.40. The van der Waals surface area contributed by atoms with Crippen molar-refractivity contribution in [1.82, 2.24) is 10.2 Å². The molecule has 1 aliphatic heterocycles. The summed E-state index contributed by atoms with van der Waals surface area (Å²) in [7, 11) is 0. The van der Waals surface area contributed by atoms with Crippen LogP contribution in [0.2, 0.25) is 0 Å². The summed E-state index contributed by atoms with van der Waals surface area (Å²) in [5.41, 5.74) is 0.446. The molecule has 166 valence electrons. The van der Waals surface area contributed by atoms with Crippen LogP contribution in [-0.4, -0.2) is 27.0 Å². The number of aliphatic hydroxyl groups is 1. The number of furan rings is 1. The van der Waals surface area contributed by atoms with Crippen molar-refractivity contribution in [3.63, 3.8) is 0 Å². The van der Waals surface area contributed by atoms with E-state index in [-0.39, 0.29) is 16.5 Å². The van der Waals surface area contributed by atoms with Gasteiger partial charge in [0.25, 0.3) is 5.91 Å². The molecule has 4 heterocycles. The lowest BCUT2D eigenvalue weighted by Gasteiger charge is -2.21. The predicted octanol–water partition coefficient (Wildman–Crippen LogP) is 5.41. The molecule has 7 nitrogen and oxygen atoms in total. The fourth-order valence-corrected chi connectivity index (χ4v) is 5.94. The number of thiophene rings is 1. The zero-order valence-corrected chi connectivity index (χ0v) is 19.1. The molecule has 1 aliphatic rings. The fraction of sp³-hybridized carbons (Fsp3) is 0.0909. The van der Waals surface area contributed by atoms with Gasteiger partial charge in [-0.3, -0.25) is 14.5 Å². The molecular weight excluding hydrogens is 485 g/mol. The molecule has 0 saturated heterocycles. The molecule has 0 spiro atoms. The normalized spacial score (nSPS) is 16.1. The summed E-state index contributed by atoms with van der Waals surface area (Å²) in [5.74, 6) is -1.54. The average Bonchev–Trinajstić information content (AvgIpc) is 3.61. The number of ketones is 1. The van der Waals surface area contributed by atoms with Gasteiger partial charge in [0.15, 0.2) is 10.1 Å². The molecule has 4 aromatic rings. The Labute approximate surface area is 199 Å². The highest BCUT2D eigenvalue weighted by atomic mass is 32.2. The van der Waals surface area contributed by atoms with E-state index in [0.717, 1.165) is 11.3 Å². The van der Waals surface area contributed by atoms with E-state index in [2.05, 4.69) is 10.2 Å². The molecular formula is C22H14FN3O4S3. The highest BCUT2D eigenvalue weighted by Crippen LogP contribution is 2.44. The Hall–Kier alpha value is -3.28. The van der Waals surface area contributed by atoms with Crippen molar-refractivity contribution in [3.05, 3.63) is 93.5 Å². The maximum absolute atomic E-state index is 13.9. The maximum Gasteiger partial charge on any atom is 0.296 e. The Kier molecular flexibility index (Phi) is 5.83. The smallest absolute Gasteiger partial charge is 0.296 e. The van der Waals surface area contributed by atoms with Gasteiger partial charge in [-0.25, -0.2) is 4.39 Å². The summed E-state index contributed by atoms with van der Waals surface area (Å²) in [6.45, 7) is 0. The SMILES string of the molecule is O=C(C1=C(O)C(=O)N(c2nnc(SCc3ccccc3F)s2)C1c1ccco1)c1cccs1. The number of amides is 1.